The molecule has 0 aliphatic carbocycles. The zero-order valence-corrected chi connectivity index (χ0v) is 8.29. The molecule has 2 rings (SSSR count). The van der Waals surface area contributed by atoms with E-state index >= 15 is 0 Å². The van der Waals surface area contributed by atoms with Gasteiger partial charge < -0.3 is 0 Å². The topological polar surface area (TPSA) is 60.7 Å². The van der Waals surface area contributed by atoms with Crippen LogP contribution in [0.25, 0.3) is 0 Å². The molecule has 15 heavy (non-hydrogen) atoms. The summed E-state index contributed by atoms with van der Waals surface area (Å²) in [5, 5.41) is 7.52. The van der Waals surface area contributed by atoms with Crippen molar-refractivity contribution in [3.63, 3.8) is 0 Å². The smallest absolute Gasteiger partial charge is 0.171 e. The molecule has 0 spiro atoms. The predicted molar refractivity (Wildman–Crippen MR) is 53.5 cm³/mol. The van der Waals surface area contributed by atoms with Crippen LogP contribution in [-0.2, 0) is 6.54 Å². The minimum Gasteiger partial charge on any atom is -0.296 e. The number of hydrogen-bond donors (Lipinski definition) is 0. The molecule has 0 saturated heterocycles. The van der Waals surface area contributed by atoms with E-state index in [0.717, 1.165) is 11.3 Å². The van der Waals surface area contributed by atoms with Crippen LogP contribution in [0.1, 0.15) is 21.7 Å². The molecule has 0 aromatic carbocycles. The monoisotopic (exact) mass is 202 g/mol. The quantitative estimate of drug-likeness (QED) is 0.692. The molecule has 0 aliphatic rings. The Morgan fingerprint density at radius 2 is 2.40 bits per heavy atom. The zero-order valence-electron chi connectivity index (χ0n) is 8.29. The Labute approximate surface area is 86.8 Å². The Hall–Kier alpha value is -2.04. The van der Waals surface area contributed by atoms with Gasteiger partial charge in [0.15, 0.2) is 6.29 Å². The summed E-state index contributed by atoms with van der Waals surface area (Å²) in [5.74, 6) is 0. The van der Waals surface area contributed by atoms with Crippen molar-refractivity contribution in [2.45, 2.75) is 13.5 Å². The van der Waals surface area contributed by atoms with Gasteiger partial charge in [-0.15, -0.1) is 5.10 Å². The third-order valence-electron chi connectivity index (χ3n) is 2.13. The fourth-order valence-electron chi connectivity index (χ4n) is 1.30. The summed E-state index contributed by atoms with van der Waals surface area (Å²) in [6.07, 6.45) is 4.04. The fourth-order valence-corrected chi connectivity index (χ4v) is 1.30. The number of aryl methyl sites for hydroxylation is 1. The second-order valence-corrected chi connectivity index (χ2v) is 3.21. The number of pyridine rings is 1. The third kappa shape index (κ3) is 2.07. The van der Waals surface area contributed by atoms with Gasteiger partial charge in [0.25, 0.3) is 0 Å². The Bertz CT molecular complexity index is 478. The number of carbonyl (C=O) groups excluding carboxylic acids is 1. The summed E-state index contributed by atoms with van der Waals surface area (Å²) in [6.45, 7) is 2.52. The summed E-state index contributed by atoms with van der Waals surface area (Å²) in [5.41, 5.74) is 2.37. The van der Waals surface area contributed by atoms with Crippen molar-refractivity contribution < 1.29 is 4.79 Å². The molecule has 0 fully saturated rings. The number of rotatable bonds is 3. The van der Waals surface area contributed by atoms with Gasteiger partial charge in [-0.2, -0.15) is 0 Å². The molecule has 2 aromatic heterocycles. The van der Waals surface area contributed by atoms with Gasteiger partial charge in [0.1, 0.15) is 5.69 Å². The number of carbonyl (C=O) groups is 1. The molecule has 76 valence electrons. The highest BCUT2D eigenvalue weighted by atomic mass is 16.1. The van der Waals surface area contributed by atoms with Crippen LogP contribution >= 0.6 is 0 Å². The molecule has 0 atom stereocenters. The highest BCUT2D eigenvalue weighted by Gasteiger charge is 2.02. The Morgan fingerprint density at radius 1 is 1.53 bits per heavy atom. The van der Waals surface area contributed by atoms with Crippen LogP contribution in [0.3, 0.4) is 0 Å². The first-order valence-corrected chi connectivity index (χ1v) is 4.55. The average Bonchev–Trinajstić information content (AvgIpc) is 2.69. The predicted octanol–water partition coefficient (Wildman–Crippen LogP) is 0.842. The first-order chi connectivity index (χ1) is 7.29. The van der Waals surface area contributed by atoms with Crippen LogP contribution in [0.15, 0.2) is 24.5 Å². The Kier molecular flexibility index (Phi) is 2.53. The van der Waals surface area contributed by atoms with E-state index in [1.54, 1.807) is 17.1 Å². The van der Waals surface area contributed by atoms with Crippen molar-refractivity contribution in [3.8, 4) is 0 Å². The molecule has 0 saturated carbocycles. The standard InChI is InChI=1S/C10H10N4O/c1-8-9(3-2-4-11-8)5-14-6-10(7-15)12-13-14/h2-4,6-7H,5H2,1H3. The van der Waals surface area contributed by atoms with Gasteiger partial charge in [-0.05, 0) is 18.6 Å². The van der Waals surface area contributed by atoms with E-state index in [2.05, 4.69) is 15.3 Å². The lowest BCUT2D eigenvalue weighted by molar-refractivity contribution is 0.111. The lowest BCUT2D eigenvalue weighted by Crippen LogP contribution is -2.03. The second kappa shape index (κ2) is 4.00. The number of aromatic nitrogens is 4. The van der Waals surface area contributed by atoms with E-state index in [4.69, 9.17) is 0 Å². The van der Waals surface area contributed by atoms with Crippen molar-refractivity contribution >= 4 is 6.29 Å². The maximum Gasteiger partial charge on any atom is 0.171 e. The lowest BCUT2D eigenvalue weighted by atomic mass is 10.2. The van der Waals surface area contributed by atoms with Gasteiger partial charge >= 0.3 is 0 Å². The summed E-state index contributed by atoms with van der Waals surface area (Å²) >= 11 is 0. The van der Waals surface area contributed by atoms with E-state index in [-0.39, 0.29) is 0 Å². The van der Waals surface area contributed by atoms with Gasteiger partial charge in [0, 0.05) is 11.9 Å². The van der Waals surface area contributed by atoms with Crippen molar-refractivity contribution in [1.82, 2.24) is 20.0 Å². The van der Waals surface area contributed by atoms with Crippen molar-refractivity contribution in [1.29, 1.82) is 0 Å². The first kappa shape index (κ1) is 9.51. The second-order valence-electron chi connectivity index (χ2n) is 3.21. The molecule has 0 aliphatic heterocycles. The molecule has 2 heterocycles. The van der Waals surface area contributed by atoms with E-state index in [1.165, 1.54) is 0 Å². The Balaban J connectivity index is 2.22. The average molecular weight is 202 g/mol. The molecule has 0 N–H and O–H groups in total. The fraction of sp³-hybridized carbons (Fsp3) is 0.200. The van der Waals surface area contributed by atoms with Crippen LogP contribution in [0.2, 0.25) is 0 Å². The van der Waals surface area contributed by atoms with Gasteiger partial charge in [-0.25, -0.2) is 4.68 Å². The highest BCUT2D eigenvalue weighted by molar-refractivity contribution is 5.70. The molecular formula is C10H10N4O. The maximum atomic E-state index is 10.4. The molecule has 5 nitrogen and oxygen atoms in total. The number of nitrogens with zero attached hydrogens (tertiary/aromatic N) is 4. The summed E-state index contributed by atoms with van der Waals surface area (Å²) < 4.78 is 1.62. The maximum absolute atomic E-state index is 10.4. The van der Waals surface area contributed by atoms with Crippen LogP contribution in [-0.4, -0.2) is 26.3 Å². The lowest BCUT2D eigenvalue weighted by Gasteiger charge is -2.02. The van der Waals surface area contributed by atoms with Crippen LogP contribution in [0.5, 0.6) is 0 Å². The first-order valence-electron chi connectivity index (χ1n) is 4.55. The number of aldehydes is 1. The summed E-state index contributed by atoms with van der Waals surface area (Å²) in [6, 6.07) is 3.85. The van der Waals surface area contributed by atoms with Gasteiger partial charge in [-0.3, -0.25) is 9.78 Å². The molecule has 0 bridgehead atoms. The van der Waals surface area contributed by atoms with Crippen LogP contribution < -0.4 is 0 Å². The van der Waals surface area contributed by atoms with Crippen molar-refractivity contribution in [2.75, 3.05) is 0 Å². The van der Waals surface area contributed by atoms with Crippen molar-refractivity contribution in [2.24, 2.45) is 0 Å². The van der Waals surface area contributed by atoms with Crippen molar-refractivity contribution in [3.05, 3.63) is 41.5 Å². The molecule has 0 radical (unpaired) electrons. The molecule has 5 heteroatoms. The minimum absolute atomic E-state index is 0.344. The van der Waals surface area contributed by atoms with Gasteiger partial charge in [0.05, 0.1) is 12.7 Å². The van der Waals surface area contributed by atoms with Crippen LogP contribution in [0, 0.1) is 6.92 Å². The SMILES string of the molecule is Cc1ncccc1Cn1cc(C=O)nn1. The van der Waals surface area contributed by atoms with E-state index in [1.807, 2.05) is 19.1 Å². The molecule has 0 unspecified atom stereocenters. The summed E-state index contributed by atoms with van der Waals surface area (Å²) in [7, 11) is 0. The number of hydrogen-bond acceptors (Lipinski definition) is 4. The molecular weight excluding hydrogens is 192 g/mol. The third-order valence-corrected chi connectivity index (χ3v) is 2.13. The van der Waals surface area contributed by atoms with E-state index < -0.39 is 0 Å². The largest absolute Gasteiger partial charge is 0.296 e. The van der Waals surface area contributed by atoms with Gasteiger partial charge in [-0.1, -0.05) is 11.3 Å². The normalized spacial score (nSPS) is 10.2. The molecule has 2 aromatic rings. The van der Waals surface area contributed by atoms with E-state index in [9.17, 15) is 4.79 Å². The van der Waals surface area contributed by atoms with Crippen LogP contribution in [0.4, 0.5) is 0 Å². The highest BCUT2D eigenvalue weighted by Crippen LogP contribution is 2.05. The van der Waals surface area contributed by atoms with Gasteiger partial charge in [0.2, 0.25) is 0 Å². The van der Waals surface area contributed by atoms with E-state index in [0.29, 0.717) is 18.5 Å². The molecule has 0 amide bonds. The Morgan fingerprint density at radius 3 is 3.07 bits per heavy atom. The minimum atomic E-state index is 0.344. The summed E-state index contributed by atoms with van der Waals surface area (Å²) in [4.78, 5) is 14.6. The zero-order chi connectivity index (χ0) is 10.7.